The van der Waals surface area contributed by atoms with Crippen molar-refractivity contribution in [3.63, 3.8) is 0 Å². The third-order valence-electron chi connectivity index (χ3n) is 4.17. The van der Waals surface area contributed by atoms with Gasteiger partial charge in [-0.2, -0.15) is 8.42 Å². The molecule has 0 aliphatic carbocycles. The van der Waals surface area contributed by atoms with E-state index >= 15 is 0 Å². The first-order valence-electron chi connectivity index (χ1n) is 8.13. The van der Waals surface area contributed by atoms with Crippen molar-refractivity contribution in [2.75, 3.05) is 0 Å². The molecule has 0 atom stereocenters. The molecule has 3 aromatic carbocycles. The molecule has 0 saturated heterocycles. The van der Waals surface area contributed by atoms with E-state index < -0.39 is 15.0 Å². The van der Waals surface area contributed by atoms with Crippen LogP contribution in [0.15, 0.2) is 63.7 Å². The Morgan fingerprint density at radius 2 is 1.75 bits per heavy atom. The molecule has 0 aliphatic heterocycles. The zero-order chi connectivity index (χ0) is 20.5. The highest BCUT2D eigenvalue weighted by molar-refractivity contribution is 7.85. The van der Waals surface area contributed by atoms with Gasteiger partial charge in [-0.1, -0.05) is 31.2 Å². The summed E-state index contributed by atoms with van der Waals surface area (Å²) in [5, 5.41) is 30.2. The van der Waals surface area contributed by atoms with Crippen LogP contribution < -0.4 is 0 Å². The molecule has 2 N–H and O–H groups in total. The maximum absolute atomic E-state index is 11.4. The van der Waals surface area contributed by atoms with Crippen molar-refractivity contribution in [3.8, 4) is 5.75 Å². The van der Waals surface area contributed by atoms with Crippen LogP contribution in [-0.4, -0.2) is 23.0 Å². The Bertz CT molecular complexity index is 1220. The predicted molar refractivity (Wildman–Crippen MR) is 102 cm³/mol. The number of aryl methyl sites for hydroxylation is 1. The summed E-state index contributed by atoms with van der Waals surface area (Å²) in [6, 6.07) is 11.2. The highest BCUT2D eigenvalue weighted by atomic mass is 32.2. The quantitative estimate of drug-likeness (QED) is 0.275. The molecular formula is C18H15N3O6S. The van der Waals surface area contributed by atoms with Gasteiger partial charge in [0.25, 0.3) is 15.8 Å². The first kappa shape index (κ1) is 19.4. The van der Waals surface area contributed by atoms with Gasteiger partial charge in [0.05, 0.1) is 9.82 Å². The number of phenolic OH excluding ortho intramolecular Hbond substituents is 1. The number of rotatable bonds is 5. The zero-order valence-corrected chi connectivity index (χ0v) is 15.4. The molecule has 0 aliphatic rings. The van der Waals surface area contributed by atoms with Gasteiger partial charge in [0.1, 0.15) is 11.4 Å². The first-order chi connectivity index (χ1) is 13.2. The molecule has 0 saturated carbocycles. The molecule has 0 heterocycles. The van der Waals surface area contributed by atoms with E-state index in [2.05, 4.69) is 10.2 Å². The maximum atomic E-state index is 11.4. The van der Waals surface area contributed by atoms with E-state index in [9.17, 15) is 28.2 Å². The topological polar surface area (TPSA) is 142 Å². The molecular weight excluding hydrogens is 386 g/mol. The molecule has 0 amide bonds. The van der Waals surface area contributed by atoms with Crippen LogP contribution in [0.5, 0.6) is 5.75 Å². The van der Waals surface area contributed by atoms with Gasteiger partial charge in [-0.25, -0.2) is 0 Å². The first-order valence-corrected chi connectivity index (χ1v) is 9.57. The van der Waals surface area contributed by atoms with Crippen molar-refractivity contribution in [1.82, 2.24) is 0 Å². The molecule has 28 heavy (non-hydrogen) atoms. The third-order valence-corrected chi connectivity index (χ3v) is 5.02. The Morgan fingerprint density at radius 3 is 2.39 bits per heavy atom. The van der Waals surface area contributed by atoms with Gasteiger partial charge >= 0.3 is 0 Å². The standard InChI is InChI=1S/C18H15N3O6S/c1-2-11-4-3-5-15(21(23)24)17(11)19-20-18-14-10-13(28(25,26)27)8-6-12(14)7-9-16(18)22/h3-10,22H,2H2,1H3,(H,25,26,27). The fraction of sp³-hybridized carbons (Fsp3) is 0.111. The van der Waals surface area contributed by atoms with Crippen LogP contribution in [0.3, 0.4) is 0 Å². The summed E-state index contributed by atoms with van der Waals surface area (Å²) in [6.07, 6.45) is 0.477. The van der Waals surface area contributed by atoms with Crippen LogP contribution in [-0.2, 0) is 16.5 Å². The monoisotopic (exact) mass is 401 g/mol. The fourth-order valence-electron chi connectivity index (χ4n) is 2.76. The van der Waals surface area contributed by atoms with Crippen LogP contribution in [0, 0.1) is 10.1 Å². The van der Waals surface area contributed by atoms with Crippen LogP contribution >= 0.6 is 0 Å². The summed E-state index contributed by atoms with van der Waals surface area (Å²) < 4.78 is 32.1. The SMILES string of the molecule is CCc1cccc([N+](=O)[O-])c1N=Nc1c(O)ccc2ccc(S(=O)(=O)O)cc12. The number of aromatic hydroxyl groups is 1. The summed E-state index contributed by atoms with van der Waals surface area (Å²) in [6.45, 7) is 1.81. The van der Waals surface area contributed by atoms with E-state index in [1.807, 2.05) is 6.92 Å². The van der Waals surface area contributed by atoms with Crippen LogP contribution in [0.25, 0.3) is 10.8 Å². The van der Waals surface area contributed by atoms with Crippen molar-refractivity contribution in [3.05, 3.63) is 64.2 Å². The average Bonchev–Trinajstić information content (AvgIpc) is 2.65. The summed E-state index contributed by atoms with van der Waals surface area (Å²) >= 11 is 0. The second-order valence-electron chi connectivity index (χ2n) is 5.89. The highest BCUT2D eigenvalue weighted by Crippen LogP contribution is 2.39. The van der Waals surface area contributed by atoms with Crippen molar-refractivity contribution in [1.29, 1.82) is 0 Å². The molecule has 0 fully saturated rings. The molecule has 3 aromatic rings. The zero-order valence-electron chi connectivity index (χ0n) is 14.6. The molecule has 144 valence electrons. The lowest BCUT2D eigenvalue weighted by molar-refractivity contribution is -0.384. The largest absolute Gasteiger partial charge is 0.506 e. The molecule has 9 nitrogen and oxygen atoms in total. The Labute approximate surface area is 159 Å². The van der Waals surface area contributed by atoms with Crippen molar-refractivity contribution < 1.29 is 23.0 Å². The van der Waals surface area contributed by atoms with Gasteiger partial charge in [-0.05, 0) is 35.6 Å². The number of nitro groups is 1. The van der Waals surface area contributed by atoms with Crippen LogP contribution in [0.4, 0.5) is 17.1 Å². The molecule has 10 heteroatoms. The molecule has 0 aromatic heterocycles. The predicted octanol–water partition coefficient (Wildman–Crippen LogP) is 4.68. The average molecular weight is 401 g/mol. The van der Waals surface area contributed by atoms with E-state index in [1.54, 1.807) is 18.2 Å². The molecule has 3 rings (SSSR count). The summed E-state index contributed by atoms with van der Waals surface area (Å²) in [4.78, 5) is 10.3. The molecule has 0 radical (unpaired) electrons. The lowest BCUT2D eigenvalue weighted by atomic mass is 10.1. The number of benzene rings is 3. The number of phenols is 1. The lowest BCUT2D eigenvalue weighted by Gasteiger charge is -2.07. The van der Waals surface area contributed by atoms with E-state index in [0.29, 0.717) is 17.4 Å². The second-order valence-corrected chi connectivity index (χ2v) is 7.31. The maximum Gasteiger partial charge on any atom is 0.297 e. The van der Waals surface area contributed by atoms with Gasteiger partial charge in [0, 0.05) is 11.5 Å². The number of hydrogen-bond donors (Lipinski definition) is 2. The number of hydrogen-bond acceptors (Lipinski definition) is 7. The molecule has 0 spiro atoms. The summed E-state index contributed by atoms with van der Waals surface area (Å²) in [5.41, 5.74) is 0.346. The van der Waals surface area contributed by atoms with Gasteiger partial charge in [0.2, 0.25) is 0 Å². The Balaban J connectivity index is 2.23. The minimum Gasteiger partial charge on any atom is -0.506 e. The highest BCUT2D eigenvalue weighted by Gasteiger charge is 2.18. The van der Waals surface area contributed by atoms with E-state index in [0.717, 1.165) is 6.07 Å². The molecule has 0 unspecified atom stereocenters. The van der Waals surface area contributed by atoms with Gasteiger partial charge in [-0.15, -0.1) is 10.2 Å². The second kappa shape index (κ2) is 7.33. The Hall–Kier alpha value is -3.37. The smallest absolute Gasteiger partial charge is 0.297 e. The van der Waals surface area contributed by atoms with E-state index in [4.69, 9.17) is 0 Å². The normalized spacial score (nSPS) is 11.9. The van der Waals surface area contributed by atoms with Crippen molar-refractivity contribution in [2.45, 2.75) is 18.2 Å². The minimum atomic E-state index is -4.46. The Kier molecular flexibility index (Phi) is 5.08. The van der Waals surface area contributed by atoms with E-state index in [1.165, 1.54) is 24.3 Å². The summed E-state index contributed by atoms with van der Waals surface area (Å²) in [7, 11) is -4.46. The lowest BCUT2D eigenvalue weighted by Crippen LogP contribution is -1.97. The van der Waals surface area contributed by atoms with Crippen LogP contribution in [0.1, 0.15) is 12.5 Å². The number of nitrogens with zero attached hydrogens (tertiary/aromatic N) is 3. The summed E-state index contributed by atoms with van der Waals surface area (Å²) in [5.74, 6) is -0.291. The van der Waals surface area contributed by atoms with Gasteiger partial charge in [0.15, 0.2) is 5.69 Å². The van der Waals surface area contributed by atoms with Gasteiger partial charge in [-0.3, -0.25) is 14.7 Å². The van der Waals surface area contributed by atoms with Gasteiger partial charge < -0.3 is 5.11 Å². The number of fused-ring (bicyclic) bond motifs is 1. The van der Waals surface area contributed by atoms with Crippen molar-refractivity contribution >= 4 is 38.0 Å². The number of azo groups is 1. The van der Waals surface area contributed by atoms with Crippen molar-refractivity contribution in [2.24, 2.45) is 10.2 Å². The van der Waals surface area contributed by atoms with Crippen LogP contribution in [0.2, 0.25) is 0 Å². The Morgan fingerprint density at radius 1 is 1.07 bits per heavy atom. The molecule has 0 bridgehead atoms. The minimum absolute atomic E-state index is 0.0531. The third kappa shape index (κ3) is 3.68. The van der Waals surface area contributed by atoms with E-state index in [-0.39, 0.29) is 33.1 Å². The number of nitro benzene ring substituents is 1. The fourth-order valence-corrected chi connectivity index (χ4v) is 3.27.